The highest BCUT2D eigenvalue weighted by Crippen LogP contribution is 2.32. The predicted molar refractivity (Wildman–Crippen MR) is 82.5 cm³/mol. The Balaban J connectivity index is 1.91. The van der Waals surface area contributed by atoms with E-state index in [4.69, 9.17) is 0 Å². The number of carbonyl (C=O) groups excluding carboxylic acids is 2. The molecule has 0 unspecified atom stereocenters. The molecule has 0 saturated carbocycles. The van der Waals surface area contributed by atoms with E-state index in [9.17, 15) is 14.0 Å². The molecule has 0 saturated heterocycles. The monoisotopic (exact) mass is 314 g/mol. The van der Waals surface area contributed by atoms with Gasteiger partial charge in [0.25, 0.3) is 11.8 Å². The van der Waals surface area contributed by atoms with E-state index in [-0.39, 0.29) is 11.5 Å². The maximum absolute atomic E-state index is 12.9. The standard InChI is InChI=1S/C16H11FN2O2S/c17-10-6-8-11(9-7-10)18-13-14(16(21)19-15(13)20)22-12-4-2-1-3-5-12/h1-9H,(H2,18,19,20,21). The Hall–Kier alpha value is -2.60. The van der Waals surface area contributed by atoms with E-state index in [1.165, 1.54) is 36.0 Å². The van der Waals surface area contributed by atoms with Crippen molar-refractivity contribution >= 4 is 29.3 Å². The van der Waals surface area contributed by atoms with Gasteiger partial charge in [-0.15, -0.1) is 0 Å². The molecule has 0 aliphatic carbocycles. The number of rotatable bonds is 4. The lowest BCUT2D eigenvalue weighted by atomic mass is 10.3. The highest BCUT2D eigenvalue weighted by Gasteiger charge is 2.31. The molecule has 2 aromatic carbocycles. The SMILES string of the molecule is O=C1NC(=O)C(Sc2ccccc2)=C1Nc1ccc(F)cc1. The van der Waals surface area contributed by atoms with Gasteiger partial charge in [0.05, 0.1) is 0 Å². The van der Waals surface area contributed by atoms with Crippen molar-refractivity contribution in [2.45, 2.75) is 4.90 Å². The molecular weight excluding hydrogens is 303 g/mol. The number of anilines is 1. The normalized spacial score (nSPS) is 14.2. The van der Waals surface area contributed by atoms with Crippen molar-refractivity contribution in [2.24, 2.45) is 0 Å². The van der Waals surface area contributed by atoms with E-state index in [0.29, 0.717) is 10.6 Å². The van der Waals surface area contributed by atoms with E-state index < -0.39 is 11.8 Å². The van der Waals surface area contributed by atoms with Crippen molar-refractivity contribution in [2.75, 3.05) is 5.32 Å². The Labute approximate surface area is 130 Å². The first-order valence-corrected chi connectivity index (χ1v) is 7.30. The molecule has 1 aliphatic rings. The molecular formula is C16H11FN2O2S. The van der Waals surface area contributed by atoms with Crippen molar-refractivity contribution in [1.82, 2.24) is 5.32 Å². The maximum Gasteiger partial charge on any atom is 0.275 e. The van der Waals surface area contributed by atoms with Gasteiger partial charge in [-0.1, -0.05) is 30.0 Å². The average molecular weight is 314 g/mol. The third-order valence-electron chi connectivity index (χ3n) is 2.96. The highest BCUT2D eigenvalue weighted by atomic mass is 32.2. The zero-order valence-corrected chi connectivity index (χ0v) is 12.1. The fourth-order valence-corrected chi connectivity index (χ4v) is 2.85. The molecule has 22 heavy (non-hydrogen) atoms. The minimum atomic E-state index is -0.493. The summed E-state index contributed by atoms with van der Waals surface area (Å²) in [5.41, 5.74) is 0.706. The number of amides is 2. The summed E-state index contributed by atoms with van der Waals surface area (Å²) in [6.45, 7) is 0. The number of nitrogens with one attached hydrogen (secondary N) is 2. The molecule has 6 heteroatoms. The molecule has 0 atom stereocenters. The zero-order valence-electron chi connectivity index (χ0n) is 11.3. The molecule has 0 spiro atoms. The minimum Gasteiger partial charge on any atom is -0.350 e. The van der Waals surface area contributed by atoms with Crippen LogP contribution in [-0.4, -0.2) is 11.8 Å². The summed E-state index contributed by atoms with van der Waals surface area (Å²) in [4.78, 5) is 25.0. The van der Waals surface area contributed by atoms with Crippen LogP contribution in [0.3, 0.4) is 0 Å². The Morgan fingerprint density at radius 3 is 2.27 bits per heavy atom. The van der Waals surface area contributed by atoms with Crippen molar-refractivity contribution in [3.8, 4) is 0 Å². The van der Waals surface area contributed by atoms with Gasteiger partial charge < -0.3 is 5.32 Å². The van der Waals surface area contributed by atoms with Crippen LogP contribution in [0.4, 0.5) is 10.1 Å². The molecule has 1 aliphatic heterocycles. The van der Waals surface area contributed by atoms with Crippen LogP contribution >= 0.6 is 11.8 Å². The average Bonchev–Trinajstić information content (AvgIpc) is 2.77. The lowest BCUT2D eigenvalue weighted by Crippen LogP contribution is -2.24. The Kier molecular flexibility index (Phi) is 3.93. The quantitative estimate of drug-likeness (QED) is 0.852. The number of benzene rings is 2. The zero-order chi connectivity index (χ0) is 15.5. The fraction of sp³-hybridized carbons (Fsp3) is 0. The topological polar surface area (TPSA) is 58.2 Å². The molecule has 2 amide bonds. The summed E-state index contributed by atoms with van der Waals surface area (Å²) >= 11 is 1.20. The van der Waals surface area contributed by atoms with Crippen molar-refractivity contribution in [3.63, 3.8) is 0 Å². The molecule has 0 aromatic heterocycles. The largest absolute Gasteiger partial charge is 0.350 e. The third-order valence-corrected chi connectivity index (χ3v) is 4.07. The van der Waals surface area contributed by atoms with Crippen molar-refractivity contribution < 1.29 is 14.0 Å². The van der Waals surface area contributed by atoms with Gasteiger partial charge >= 0.3 is 0 Å². The second kappa shape index (κ2) is 6.03. The van der Waals surface area contributed by atoms with Crippen LogP contribution in [0.5, 0.6) is 0 Å². The second-order valence-electron chi connectivity index (χ2n) is 4.53. The molecule has 2 N–H and O–H groups in total. The van der Waals surface area contributed by atoms with Gasteiger partial charge in [-0.3, -0.25) is 14.9 Å². The van der Waals surface area contributed by atoms with E-state index in [1.54, 1.807) is 0 Å². The third kappa shape index (κ3) is 3.01. The van der Waals surface area contributed by atoms with Crippen LogP contribution in [0.25, 0.3) is 0 Å². The van der Waals surface area contributed by atoms with Crippen LogP contribution in [0, 0.1) is 5.82 Å². The molecule has 1 heterocycles. The number of imide groups is 1. The van der Waals surface area contributed by atoms with Crippen LogP contribution in [-0.2, 0) is 9.59 Å². The Bertz CT molecular complexity index is 757. The lowest BCUT2D eigenvalue weighted by Gasteiger charge is -2.07. The first kappa shape index (κ1) is 14.3. The summed E-state index contributed by atoms with van der Waals surface area (Å²) in [7, 11) is 0. The molecule has 0 fully saturated rings. The van der Waals surface area contributed by atoms with Crippen molar-refractivity contribution in [3.05, 3.63) is 71.0 Å². The fourth-order valence-electron chi connectivity index (χ4n) is 1.93. The first-order valence-electron chi connectivity index (χ1n) is 6.49. The summed E-state index contributed by atoms with van der Waals surface area (Å²) in [5, 5.41) is 5.14. The van der Waals surface area contributed by atoms with Crippen LogP contribution in [0.15, 0.2) is 70.1 Å². The van der Waals surface area contributed by atoms with Crippen LogP contribution in [0.1, 0.15) is 0 Å². The summed E-state index contributed by atoms with van der Waals surface area (Å²) in [6, 6.07) is 14.8. The lowest BCUT2D eigenvalue weighted by molar-refractivity contribution is -0.123. The summed E-state index contributed by atoms with van der Waals surface area (Å²) < 4.78 is 12.9. The molecule has 3 rings (SSSR count). The molecule has 110 valence electrons. The number of halogens is 1. The van der Waals surface area contributed by atoms with Gasteiger partial charge in [-0.2, -0.15) is 0 Å². The predicted octanol–water partition coefficient (Wildman–Crippen LogP) is 2.90. The molecule has 0 radical (unpaired) electrons. The van der Waals surface area contributed by atoms with Gasteiger partial charge in [0, 0.05) is 10.6 Å². The van der Waals surface area contributed by atoms with Gasteiger partial charge in [0.1, 0.15) is 16.4 Å². The second-order valence-corrected chi connectivity index (χ2v) is 5.62. The van der Waals surface area contributed by atoms with Crippen LogP contribution in [0.2, 0.25) is 0 Å². The Morgan fingerprint density at radius 1 is 0.909 bits per heavy atom. The summed E-state index contributed by atoms with van der Waals surface area (Å²) in [6.07, 6.45) is 0. The van der Waals surface area contributed by atoms with Gasteiger partial charge in [-0.25, -0.2) is 4.39 Å². The Morgan fingerprint density at radius 2 is 1.59 bits per heavy atom. The minimum absolute atomic E-state index is 0.172. The number of carbonyl (C=O) groups is 2. The number of hydrogen-bond donors (Lipinski definition) is 2. The van der Waals surface area contributed by atoms with Crippen LogP contribution < -0.4 is 10.6 Å². The van der Waals surface area contributed by atoms with E-state index >= 15 is 0 Å². The van der Waals surface area contributed by atoms with Gasteiger partial charge in [0.15, 0.2) is 0 Å². The van der Waals surface area contributed by atoms with E-state index in [0.717, 1.165) is 4.90 Å². The van der Waals surface area contributed by atoms with E-state index in [1.807, 2.05) is 30.3 Å². The molecule has 4 nitrogen and oxygen atoms in total. The maximum atomic E-state index is 12.9. The van der Waals surface area contributed by atoms with Gasteiger partial charge in [-0.05, 0) is 36.4 Å². The smallest absolute Gasteiger partial charge is 0.275 e. The van der Waals surface area contributed by atoms with Crippen molar-refractivity contribution in [1.29, 1.82) is 0 Å². The summed E-state index contributed by atoms with van der Waals surface area (Å²) in [5.74, 6) is -1.30. The molecule has 0 bridgehead atoms. The highest BCUT2D eigenvalue weighted by molar-refractivity contribution is 8.04. The van der Waals surface area contributed by atoms with E-state index in [2.05, 4.69) is 10.6 Å². The first-order chi connectivity index (χ1) is 10.6. The molecule has 2 aromatic rings. The van der Waals surface area contributed by atoms with Gasteiger partial charge in [0.2, 0.25) is 0 Å². The number of hydrogen-bond acceptors (Lipinski definition) is 4. The number of thioether (sulfide) groups is 1.